The lowest BCUT2D eigenvalue weighted by atomic mass is 10.1. The highest BCUT2D eigenvalue weighted by atomic mass is 79.9. The highest BCUT2D eigenvalue weighted by Gasteiger charge is 2.22. The lowest BCUT2D eigenvalue weighted by molar-refractivity contribution is 1.44. The van der Waals surface area contributed by atoms with Crippen LogP contribution in [0.5, 0.6) is 0 Å². The number of hydrogen-bond acceptors (Lipinski definition) is 3. The van der Waals surface area contributed by atoms with Gasteiger partial charge in [-0.2, -0.15) is 0 Å². The maximum atomic E-state index is 3.78. The second-order valence-electron chi connectivity index (χ2n) is 5.11. The molecule has 110 valence electrons. The monoisotopic (exact) mass is 460 g/mol. The van der Waals surface area contributed by atoms with Gasteiger partial charge in [0.2, 0.25) is 0 Å². The van der Waals surface area contributed by atoms with Crippen LogP contribution in [0, 0.1) is 27.7 Å². The molecule has 0 bridgehead atoms. The smallest absolute Gasteiger partial charge is 0.0854 e. The fourth-order valence-corrected chi connectivity index (χ4v) is 7.14. The van der Waals surface area contributed by atoms with Crippen LogP contribution in [0.1, 0.15) is 20.9 Å². The van der Waals surface area contributed by atoms with Crippen LogP contribution in [0.15, 0.2) is 20.4 Å². The van der Waals surface area contributed by atoms with Crippen LogP contribution in [-0.4, -0.2) is 0 Å². The Bertz CT molecular complexity index is 802. The van der Waals surface area contributed by atoms with E-state index in [0.29, 0.717) is 0 Å². The molecule has 0 saturated carbocycles. The minimum Gasteiger partial charge on any atom is -0.140 e. The Balaban J connectivity index is 2.27. The minimum atomic E-state index is 1.17. The largest absolute Gasteiger partial charge is 0.140 e. The van der Waals surface area contributed by atoms with Gasteiger partial charge in [0.05, 0.1) is 13.1 Å². The van der Waals surface area contributed by atoms with Gasteiger partial charge in [-0.3, -0.25) is 0 Å². The van der Waals surface area contributed by atoms with Crippen molar-refractivity contribution in [1.29, 1.82) is 0 Å². The average Bonchev–Trinajstić information content (AvgIpc) is 3.00. The molecule has 0 aliphatic heterocycles. The molecule has 0 N–H and O–H groups in total. The molecule has 21 heavy (non-hydrogen) atoms. The Labute approximate surface area is 154 Å². The molecule has 3 heterocycles. The molecule has 3 rings (SSSR count). The summed E-state index contributed by atoms with van der Waals surface area (Å²) < 4.78 is 2.35. The lowest BCUT2D eigenvalue weighted by Gasteiger charge is -2.02. The van der Waals surface area contributed by atoms with Crippen LogP contribution in [0.3, 0.4) is 0 Å². The van der Waals surface area contributed by atoms with Crippen molar-refractivity contribution < 1.29 is 0 Å². The third kappa shape index (κ3) is 2.83. The molecular weight excluding hydrogens is 448 g/mol. The zero-order valence-electron chi connectivity index (χ0n) is 12.1. The minimum absolute atomic E-state index is 1.17. The van der Waals surface area contributed by atoms with Gasteiger partial charge < -0.3 is 0 Å². The van der Waals surface area contributed by atoms with Gasteiger partial charge in [0.25, 0.3) is 0 Å². The molecule has 0 radical (unpaired) electrons. The van der Waals surface area contributed by atoms with E-state index in [-0.39, 0.29) is 0 Å². The van der Waals surface area contributed by atoms with Gasteiger partial charge in [-0.1, -0.05) is 0 Å². The summed E-state index contributed by atoms with van der Waals surface area (Å²) in [6.45, 7) is 8.76. The third-order valence-electron chi connectivity index (χ3n) is 3.47. The molecule has 0 saturated heterocycles. The molecule has 0 aliphatic carbocycles. The van der Waals surface area contributed by atoms with Crippen molar-refractivity contribution >= 4 is 65.9 Å². The highest BCUT2D eigenvalue weighted by molar-refractivity contribution is 9.13. The van der Waals surface area contributed by atoms with E-state index in [9.17, 15) is 0 Å². The maximum Gasteiger partial charge on any atom is 0.0854 e. The molecule has 0 amide bonds. The van der Waals surface area contributed by atoms with Crippen molar-refractivity contribution in [3.05, 3.63) is 41.3 Å². The van der Waals surface area contributed by atoms with E-state index in [1.165, 1.54) is 49.3 Å². The average molecular weight is 462 g/mol. The number of rotatable bonds is 2. The van der Waals surface area contributed by atoms with E-state index < -0.39 is 0 Å². The Hall–Kier alpha value is 0.0600. The fraction of sp³-hybridized carbons (Fsp3) is 0.250. The van der Waals surface area contributed by atoms with Gasteiger partial charge in [-0.25, -0.2) is 0 Å². The quantitative estimate of drug-likeness (QED) is 0.363. The van der Waals surface area contributed by atoms with Gasteiger partial charge in [0, 0.05) is 25.1 Å². The molecule has 0 atom stereocenters. The summed E-state index contributed by atoms with van der Waals surface area (Å²) in [5, 5.41) is 0. The maximum absolute atomic E-state index is 3.78. The van der Waals surface area contributed by atoms with Gasteiger partial charge in [-0.05, 0) is 82.8 Å². The lowest BCUT2D eigenvalue weighted by Crippen LogP contribution is -1.77. The van der Waals surface area contributed by atoms with Crippen molar-refractivity contribution in [3.8, 4) is 20.2 Å². The topological polar surface area (TPSA) is 0 Å². The Kier molecular flexibility index (Phi) is 4.50. The summed E-state index contributed by atoms with van der Waals surface area (Å²) in [5.41, 5.74) is 4.07. The predicted molar refractivity (Wildman–Crippen MR) is 105 cm³/mol. The molecule has 3 aromatic rings. The van der Waals surface area contributed by atoms with Gasteiger partial charge in [0.1, 0.15) is 0 Å². The van der Waals surface area contributed by atoms with E-state index in [1.807, 2.05) is 34.0 Å². The number of halogens is 2. The second-order valence-corrected chi connectivity index (χ2v) is 10.8. The Morgan fingerprint density at radius 2 is 1.52 bits per heavy atom. The van der Waals surface area contributed by atoms with Crippen molar-refractivity contribution in [3.63, 3.8) is 0 Å². The van der Waals surface area contributed by atoms with Crippen molar-refractivity contribution in [1.82, 2.24) is 0 Å². The molecule has 0 nitrogen and oxygen atoms in total. The summed E-state index contributed by atoms with van der Waals surface area (Å²) in [5.74, 6) is 0. The molecule has 0 fully saturated rings. The molecular formula is C16H14Br2S3. The van der Waals surface area contributed by atoms with E-state index in [0.717, 1.165) is 0 Å². The van der Waals surface area contributed by atoms with Crippen LogP contribution in [0.25, 0.3) is 20.2 Å². The zero-order chi connectivity index (χ0) is 15.3. The van der Waals surface area contributed by atoms with Crippen LogP contribution in [-0.2, 0) is 0 Å². The summed E-state index contributed by atoms with van der Waals surface area (Å²) >= 11 is 13.1. The van der Waals surface area contributed by atoms with E-state index >= 15 is 0 Å². The van der Waals surface area contributed by atoms with Gasteiger partial charge in [-0.15, -0.1) is 34.0 Å². The number of thiophene rings is 3. The second kappa shape index (κ2) is 5.93. The SMILES string of the molecule is Cc1cc(C)c(-c2c(-c3cc(C)c(C)s3)sc(Br)c2Br)s1. The van der Waals surface area contributed by atoms with E-state index in [2.05, 4.69) is 71.7 Å². The molecule has 0 spiro atoms. The normalized spacial score (nSPS) is 11.3. The van der Waals surface area contributed by atoms with Gasteiger partial charge >= 0.3 is 0 Å². The van der Waals surface area contributed by atoms with Crippen LogP contribution < -0.4 is 0 Å². The zero-order valence-corrected chi connectivity index (χ0v) is 17.8. The molecule has 0 unspecified atom stereocenters. The van der Waals surface area contributed by atoms with Crippen molar-refractivity contribution in [2.45, 2.75) is 27.7 Å². The van der Waals surface area contributed by atoms with E-state index in [1.54, 1.807) is 0 Å². The molecule has 3 aromatic heterocycles. The molecule has 0 aromatic carbocycles. The molecule has 0 aliphatic rings. The Morgan fingerprint density at radius 1 is 0.810 bits per heavy atom. The predicted octanol–water partition coefficient (Wildman–Crippen LogP) is 7.96. The van der Waals surface area contributed by atoms with E-state index in [4.69, 9.17) is 0 Å². The summed E-state index contributed by atoms with van der Waals surface area (Å²) in [6, 6.07) is 4.58. The first-order valence-corrected chi connectivity index (χ1v) is 10.5. The standard InChI is InChI=1S/C16H14Br2S3/c1-7-6-11(20-10(7)4)15-12(13(17)16(18)21-15)14-8(2)5-9(3)19-14/h5-6H,1-4H3. The Morgan fingerprint density at radius 3 is 2.05 bits per heavy atom. The van der Waals surface area contributed by atoms with Gasteiger partial charge in [0.15, 0.2) is 0 Å². The number of aryl methyl sites for hydroxylation is 4. The first kappa shape index (κ1) is 15.9. The fourth-order valence-electron chi connectivity index (χ4n) is 2.33. The summed E-state index contributed by atoms with van der Waals surface area (Å²) in [6.07, 6.45) is 0. The highest BCUT2D eigenvalue weighted by Crippen LogP contribution is 2.52. The summed E-state index contributed by atoms with van der Waals surface area (Å²) in [4.78, 5) is 6.86. The van der Waals surface area contributed by atoms with Crippen molar-refractivity contribution in [2.24, 2.45) is 0 Å². The van der Waals surface area contributed by atoms with Crippen LogP contribution in [0.2, 0.25) is 0 Å². The van der Waals surface area contributed by atoms with Crippen LogP contribution in [0.4, 0.5) is 0 Å². The third-order valence-corrected chi connectivity index (χ3v) is 9.42. The first-order valence-electron chi connectivity index (χ1n) is 6.51. The number of hydrogen-bond donors (Lipinski definition) is 0. The first-order chi connectivity index (χ1) is 9.88. The summed E-state index contributed by atoms with van der Waals surface area (Å²) in [7, 11) is 0. The molecule has 5 heteroatoms. The van der Waals surface area contributed by atoms with Crippen molar-refractivity contribution in [2.75, 3.05) is 0 Å². The van der Waals surface area contributed by atoms with Crippen LogP contribution >= 0.6 is 65.9 Å².